The zero-order valence-corrected chi connectivity index (χ0v) is 20.3. The zero-order chi connectivity index (χ0) is 22.4. The molecule has 0 bridgehead atoms. The summed E-state index contributed by atoms with van der Waals surface area (Å²) in [4.78, 5) is 11.5. The molecule has 33 heavy (non-hydrogen) atoms. The van der Waals surface area contributed by atoms with E-state index >= 15 is 0 Å². The predicted molar refractivity (Wildman–Crippen MR) is 133 cm³/mol. The van der Waals surface area contributed by atoms with E-state index in [-0.39, 0.29) is 18.4 Å². The first-order valence-electron chi connectivity index (χ1n) is 10.5. The molecule has 0 spiro atoms. The molecule has 0 heterocycles. The number of rotatable bonds is 7. The summed E-state index contributed by atoms with van der Waals surface area (Å²) in [6, 6.07) is 38.1. The Morgan fingerprint density at radius 3 is 1.55 bits per heavy atom. The monoisotopic (exact) mass is 476 g/mol. The lowest BCUT2D eigenvalue weighted by Crippen LogP contribution is -3.00. The average molecular weight is 477 g/mol. The van der Waals surface area contributed by atoms with Crippen LogP contribution in [0.4, 0.5) is 0 Å². The van der Waals surface area contributed by atoms with Crippen molar-refractivity contribution >= 4 is 29.1 Å². The third-order valence-corrected chi connectivity index (χ3v) is 9.87. The third-order valence-electron chi connectivity index (χ3n) is 5.49. The van der Waals surface area contributed by atoms with Crippen LogP contribution in [0, 0.1) is 0 Å². The topological polar surface area (TPSA) is 35.5 Å². The molecular weight excluding hydrogens is 451 g/mol. The van der Waals surface area contributed by atoms with Crippen molar-refractivity contribution in [2.75, 3.05) is 7.11 Å². The summed E-state index contributed by atoms with van der Waals surface area (Å²) >= 11 is 0. The average Bonchev–Trinajstić information content (AvgIpc) is 2.84. The molecule has 0 saturated heterocycles. The van der Waals surface area contributed by atoms with Gasteiger partial charge in [0.05, 0.1) is 13.3 Å². The van der Waals surface area contributed by atoms with E-state index in [1.165, 1.54) is 22.8 Å². The van der Waals surface area contributed by atoms with Gasteiger partial charge in [-0.25, -0.2) is 0 Å². The molecule has 0 aliphatic rings. The second kappa shape index (κ2) is 11.1. The molecule has 0 radical (unpaired) electrons. The number of halogens is 1. The van der Waals surface area contributed by atoms with Crippen LogP contribution in [0.3, 0.4) is 0 Å². The van der Waals surface area contributed by atoms with Gasteiger partial charge in [0.2, 0.25) is 0 Å². The maximum atomic E-state index is 11.5. The van der Waals surface area contributed by atoms with Crippen molar-refractivity contribution in [1.29, 1.82) is 0 Å². The molecule has 0 aliphatic carbocycles. The van der Waals surface area contributed by atoms with Crippen molar-refractivity contribution in [1.82, 2.24) is 0 Å². The molecule has 0 amide bonds. The Labute approximate surface area is 202 Å². The molecular formula is C28H26ClO3P. The summed E-state index contributed by atoms with van der Waals surface area (Å²) in [5.41, 5.74) is 1.13. The third kappa shape index (κ3) is 5.27. The van der Waals surface area contributed by atoms with Crippen LogP contribution in [0.15, 0.2) is 109 Å². The molecule has 4 aromatic carbocycles. The van der Waals surface area contributed by atoms with Gasteiger partial charge in [-0.3, -0.25) is 4.79 Å². The van der Waals surface area contributed by atoms with Crippen LogP contribution in [0.25, 0.3) is 0 Å². The highest BCUT2D eigenvalue weighted by molar-refractivity contribution is 7.95. The van der Waals surface area contributed by atoms with Crippen LogP contribution in [0.1, 0.15) is 12.5 Å². The Bertz CT molecular complexity index is 1090. The molecule has 168 valence electrons. The largest absolute Gasteiger partial charge is 1.00 e. The normalized spacial score (nSPS) is 10.7. The van der Waals surface area contributed by atoms with Gasteiger partial charge < -0.3 is 21.9 Å². The van der Waals surface area contributed by atoms with E-state index in [0.717, 1.165) is 11.7 Å². The van der Waals surface area contributed by atoms with Crippen LogP contribution >= 0.6 is 7.26 Å². The van der Waals surface area contributed by atoms with E-state index in [1.54, 1.807) is 7.11 Å². The Morgan fingerprint density at radius 2 is 1.15 bits per heavy atom. The van der Waals surface area contributed by atoms with Crippen LogP contribution in [0.5, 0.6) is 11.5 Å². The van der Waals surface area contributed by atoms with E-state index in [9.17, 15) is 4.79 Å². The lowest BCUT2D eigenvalue weighted by Gasteiger charge is -2.28. The fourth-order valence-corrected chi connectivity index (χ4v) is 8.32. The summed E-state index contributed by atoms with van der Waals surface area (Å²) in [7, 11) is -0.414. The molecule has 0 saturated carbocycles. The number of ether oxygens (including phenoxy) is 2. The van der Waals surface area contributed by atoms with Crippen molar-refractivity contribution in [2.24, 2.45) is 0 Å². The molecule has 0 unspecified atom stereocenters. The standard InChI is InChI=1S/C28H26O3P.ClH/c1-22(29)31-27-19-18-23(20-28(27)30-2)21-32(24-12-6-3-7-13-24,25-14-8-4-9-15-25)26-16-10-5-11-17-26;/h3-20H,21H2,1-2H3;1H/q+1;/p-1. The number of esters is 1. The van der Waals surface area contributed by atoms with Crippen LogP contribution in [0.2, 0.25) is 0 Å². The summed E-state index contributed by atoms with van der Waals surface area (Å²) in [6.45, 7) is 1.39. The summed E-state index contributed by atoms with van der Waals surface area (Å²) in [5.74, 6) is 0.632. The number of hydrogen-bond acceptors (Lipinski definition) is 3. The van der Waals surface area contributed by atoms with Crippen molar-refractivity contribution in [2.45, 2.75) is 13.1 Å². The summed E-state index contributed by atoms with van der Waals surface area (Å²) in [5, 5.41) is 3.96. The Morgan fingerprint density at radius 1 is 0.697 bits per heavy atom. The van der Waals surface area contributed by atoms with Gasteiger partial charge in [0.25, 0.3) is 0 Å². The first-order chi connectivity index (χ1) is 15.6. The van der Waals surface area contributed by atoms with Crippen LogP contribution in [-0.4, -0.2) is 13.1 Å². The minimum atomic E-state index is -2.01. The van der Waals surface area contributed by atoms with Crippen molar-refractivity contribution < 1.29 is 26.7 Å². The molecule has 0 N–H and O–H groups in total. The fraction of sp³-hybridized carbons (Fsp3) is 0.107. The second-order valence-electron chi connectivity index (χ2n) is 7.55. The summed E-state index contributed by atoms with van der Waals surface area (Å²) < 4.78 is 10.9. The lowest BCUT2D eigenvalue weighted by atomic mass is 10.2. The second-order valence-corrected chi connectivity index (χ2v) is 11.0. The first-order valence-corrected chi connectivity index (χ1v) is 12.5. The highest BCUT2D eigenvalue weighted by atomic mass is 35.5. The molecule has 3 nitrogen and oxygen atoms in total. The first kappa shape index (κ1) is 24.5. The molecule has 4 rings (SSSR count). The van der Waals surface area contributed by atoms with E-state index in [2.05, 4.69) is 91.0 Å². The Hall–Kier alpha value is -3.13. The SMILES string of the molecule is COc1cc(C[P+](c2ccccc2)(c2ccccc2)c2ccccc2)ccc1OC(C)=O.[Cl-]. The zero-order valence-electron chi connectivity index (χ0n) is 18.6. The molecule has 4 aromatic rings. The Balaban J connectivity index is 0.00000306. The van der Waals surface area contributed by atoms with Gasteiger partial charge in [-0.15, -0.1) is 0 Å². The Kier molecular flexibility index (Phi) is 8.27. The van der Waals surface area contributed by atoms with E-state index in [0.29, 0.717) is 11.5 Å². The molecule has 0 aromatic heterocycles. The minimum Gasteiger partial charge on any atom is -1.00 e. The maximum absolute atomic E-state index is 11.5. The highest BCUT2D eigenvalue weighted by Gasteiger charge is 2.45. The minimum absolute atomic E-state index is 0. The van der Waals surface area contributed by atoms with Gasteiger partial charge in [0.1, 0.15) is 23.2 Å². The van der Waals surface area contributed by atoms with Gasteiger partial charge in [-0.1, -0.05) is 60.7 Å². The van der Waals surface area contributed by atoms with Gasteiger partial charge in [0, 0.05) is 6.92 Å². The van der Waals surface area contributed by atoms with Gasteiger partial charge in [-0.05, 0) is 54.1 Å². The number of carbonyl (C=O) groups is 1. The smallest absolute Gasteiger partial charge is 0.308 e. The number of benzene rings is 4. The van der Waals surface area contributed by atoms with Crippen LogP contribution in [-0.2, 0) is 11.0 Å². The van der Waals surface area contributed by atoms with Gasteiger partial charge >= 0.3 is 5.97 Å². The fourth-order valence-electron chi connectivity index (χ4n) is 4.09. The van der Waals surface area contributed by atoms with Crippen molar-refractivity contribution in [3.63, 3.8) is 0 Å². The molecule has 0 atom stereocenters. The molecule has 0 fully saturated rings. The quantitative estimate of drug-likeness (QED) is 0.233. The van der Waals surface area contributed by atoms with E-state index < -0.39 is 7.26 Å². The van der Waals surface area contributed by atoms with Gasteiger partial charge in [0.15, 0.2) is 11.5 Å². The number of carbonyl (C=O) groups excluding carboxylic acids is 1. The van der Waals surface area contributed by atoms with Crippen molar-refractivity contribution in [3.05, 3.63) is 115 Å². The van der Waals surface area contributed by atoms with E-state index in [4.69, 9.17) is 9.47 Å². The maximum Gasteiger partial charge on any atom is 0.308 e. The number of methoxy groups -OCH3 is 1. The predicted octanol–water partition coefficient (Wildman–Crippen LogP) is 2.12. The van der Waals surface area contributed by atoms with Gasteiger partial charge in [-0.2, -0.15) is 0 Å². The number of hydrogen-bond donors (Lipinski definition) is 0. The van der Waals surface area contributed by atoms with Crippen molar-refractivity contribution in [3.8, 4) is 11.5 Å². The highest BCUT2D eigenvalue weighted by Crippen LogP contribution is 2.58. The summed E-state index contributed by atoms with van der Waals surface area (Å²) in [6.07, 6.45) is 0.821. The lowest BCUT2D eigenvalue weighted by molar-refractivity contribution is -0.132. The van der Waals surface area contributed by atoms with E-state index in [1.807, 2.05) is 18.2 Å². The van der Waals surface area contributed by atoms with Crippen LogP contribution < -0.4 is 37.8 Å². The molecule has 5 heteroatoms. The molecule has 0 aliphatic heterocycles.